The lowest BCUT2D eigenvalue weighted by atomic mass is 10.2. The van der Waals surface area contributed by atoms with Crippen molar-refractivity contribution in [3.8, 4) is 16.6 Å². The molecule has 0 unspecified atom stereocenters. The maximum atomic E-state index is 12.5. The number of hydrogen-bond donors (Lipinski definition) is 2. The lowest BCUT2D eigenvalue weighted by Gasteiger charge is -2.08. The van der Waals surface area contributed by atoms with E-state index in [1.54, 1.807) is 12.1 Å². The van der Waals surface area contributed by atoms with E-state index in [-0.39, 0.29) is 25.2 Å². The molecule has 5 rings (SSSR count). The summed E-state index contributed by atoms with van der Waals surface area (Å²) in [6.45, 7) is 0.428. The summed E-state index contributed by atoms with van der Waals surface area (Å²) in [5, 5.41) is 6.28. The molecule has 156 valence electrons. The summed E-state index contributed by atoms with van der Waals surface area (Å²) in [7, 11) is 0. The van der Waals surface area contributed by atoms with E-state index in [2.05, 4.69) is 15.6 Å². The van der Waals surface area contributed by atoms with Crippen molar-refractivity contribution in [3.63, 3.8) is 0 Å². The summed E-state index contributed by atoms with van der Waals surface area (Å²) in [6.07, 6.45) is 3.85. The number of hydrogen-bond acceptors (Lipinski definition) is 6. The number of aromatic nitrogens is 2. The van der Waals surface area contributed by atoms with Crippen molar-refractivity contribution in [2.75, 3.05) is 13.3 Å². The van der Waals surface area contributed by atoms with E-state index in [1.807, 2.05) is 53.4 Å². The second-order valence-electron chi connectivity index (χ2n) is 6.92. The van der Waals surface area contributed by atoms with Gasteiger partial charge in [0, 0.05) is 24.5 Å². The van der Waals surface area contributed by atoms with Gasteiger partial charge in [0.05, 0.1) is 16.8 Å². The summed E-state index contributed by atoms with van der Waals surface area (Å²) in [5.74, 6) is 0.773. The maximum Gasteiger partial charge on any atom is 0.251 e. The summed E-state index contributed by atoms with van der Waals surface area (Å²) in [6, 6.07) is 14.7. The van der Waals surface area contributed by atoms with Crippen LogP contribution in [0.2, 0.25) is 0 Å². The van der Waals surface area contributed by atoms with Gasteiger partial charge in [-0.3, -0.25) is 9.59 Å². The van der Waals surface area contributed by atoms with Gasteiger partial charge in [0.25, 0.3) is 5.91 Å². The van der Waals surface area contributed by atoms with Gasteiger partial charge >= 0.3 is 0 Å². The minimum absolute atomic E-state index is 0.112. The number of nitrogens with one attached hydrogen (secondary N) is 2. The smallest absolute Gasteiger partial charge is 0.251 e. The van der Waals surface area contributed by atoms with Crippen LogP contribution in [-0.4, -0.2) is 34.7 Å². The van der Waals surface area contributed by atoms with Gasteiger partial charge in [-0.25, -0.2) is 4.98 Å². The van der Waals surface area contributed by atoms with Crippen molar-refractivity contribution in [3.05, 3.63) is 72.1 Å². The average molecular weight is 434 g/mol. The monoisotopic (exact) mass is 434 g/mol. The highest BCUT2D eigenvalue weighted by Gasteiger charge is 2.14. The van der Waals surface area contributed by atoms with Crippen LogP contribution in [0.25, 0.3) is 15.3 Å². The van der Waals surface area contributed by atoms with Crippen LogP contribution in [0.5, 0.6) is 11.5 Å². The Morgan fingerprint density at radius 1 is 1.03 bits per heavy atom. The van der Waals surface area contributed by atoms with Gasteiger partial charge in [-0.2, -0.15) is 0 Å². The highest BCUT2D eigenvalue weighted by molar-refractivity contribution is 7.20. The first-order chi connectivity index (χ1) is 15.2. The summed E-state index contributed by atoms with van der Waals surface area (Å²) in [5.41, 5.74) is 2.20. The maximum absolute atomic E-state index is 12.5. The zero-order chi connectivity index (χ0) is 21.2. The van der Waals surface area contributed by atoms with Gasteiger partial charge in [-0.1, -0.05) is 17.4 Å². The minimum Gasteiger partial charge on any atom is -0.454 e. The van der Waals surface area contributed by atoms with Gasteiger partial charge in [0.15, 0.2) is 16.6 Å². The first-order valence-corrected chi connectivity index (χ1v) is 10.4. The molecule has 0 aliphatic carbocycles. The predicted molar refractivity (Wildman–Crippen MR) is 116 cm³/mol. The molecule has 0 atom stereocenters. The molecule has 0 fully saturated rings. The third-order valence-electron chi connectivity index (χ3n) is 4.80. The topological polar surface area (TPSA) is 94.5 Å². The fraction of sp³-hybridized carbons (Fsp3) is 0.136. The van der Waals surface area contributed by atoms with Crippen LogP contribution in [0.15, 0.2) is 60.9 Å². The number of carbonyl (C=O) groups excluding carboxylic acids is 2. The molecule has 0 spiro atoms. The van der Waals surface area contributed by atoms with Crippen molar-refractivity contribution in [1.29, 1.82) is 0 Å². The van der Waals surface area contributed by atoms with Crippen LogP contribution in [0.4, 0.5) is 0 Å². The molecule has 31 heavy (non-hydrogen) atoms. The SMILES string of the molecule is O=C(CNC(=O)c1ccc2nc(-n3cccc3)sc2c1)NCc1ccc2c(c1)OCO2. The molecule has 0 saturated heterocycles. The molecule has 2 aromatic heterocycles. The van der Waals surface area contributed by atoms with E-state index >= 15 is 0 Å². The molecule has 9 heteroatoms. The Morgan fingerprint density at radius 3 is 2.74 bits per heavy atom. The van der Waals surface area contributed by atoms with Gasteiger partial charge < -0.3 is 24.7 Å². The fourth-order valence-corrected chi connectivity index (χ4v) is 4.17. The quantitative estimate of drug-likeness (QED) is 0.487. The first-order valence-electron chi connectivity index (χ1n) is 9.63. The highest BCUT2D eigenvalue weighted by atomic mass is 32.1. The van der Waals surface area contributed by atoms with Crippen LogP contribution in [0, 0.1) is 0 Å². The molecular weight excluding hydrogens is 416 g/mol. The second-order valence-corrected chi connectivity index (χ2v) is 7.93. The van der Waals surface area contributed by atoms with Gasteiger partial charge in [0.1, 0.15) is 0 Å². The van der Waals surface area contributed by atoms with Crippen molar-refractivity contribution >= 4 is 33.4 Å². The summed E-state index contributed by atoms with van der Waals surface area (Å²) >= 11 is 1.50. The average Bonchev–Trinajstić information content (AvgIpc) is 3.54. The predicted octanol–water partition coefficient (Wildman–Crippen LogP) is 2.86. The molecule has 2 N–H and O–H groups in total. The van der Waals surface area contributed by atoms with Crippen molar-refractivity contribution in [2.24, 2.45) is 0 Å². The molecule has 0 radical (unpaired) electrons. The number of amides is 2. The number of fused-ring (bicyclic) bond motifs is 2. The standard InChI is InChI=1S/C22H18N4O4S/c27-20(23-11-14-3-6-17-18(9-14)30-13-29-17)12-24-21(28)15-4-5-16-19(10-15)31-22(25-16)26-7-1-2-8-26/h1-10H,11-13H2,(H,23,27)(H,24,28). The zero-order valence-electron chi connectivity index (χ0n) is 16.3. The van der Waals surface area contributed by atoms with E-state index in [1.165, 1.54) is 11.3 Å². The molecule has 1 aliphatic rings. The van der Waals surface area contributed by atoms with Crippen LogP contribution in [-0.2, 0) is 11.3 Å². The summed E-state index contributed by atoms with van der Waals surface area (Å²) < 4.78 is 13.4. The minimum atomic E-state index is -0.309. The Labute approximate surface area is 181 Å². The van der Waals surface area contributed by atoms with E-state index in [4.69, 9.17) is 9.47 Å². The normalized spacial score (nSPS) is 12.1. The number of rotatable bonds is 6. The highest BCUT2D eigenvalue weighted by Crippen LogP contribution is 2.32. The Kier molecular flexibility index (Phi) is 5.01. The van der Waals surface area contributed by atoms with Gasteiger partial charge in [0.2, 0.25) is 12.7 Å². The lowest BCUT2D eigenvalue weighted by molar-refractivity contribution is -0.120. The number of ether oxygens (including phenoxy) is 2. The third kappa shape index (κ3) is 4.08. The van der Waals surface area contributed by atoms with E-state index < -0.39 is 0 Å². The molecule has 0 bridgehead atoms. The molecule has 1 aliphatic heterocycles. The summed E-state index contributed by atoms with van der Waals surface area (Å²) in [4.78, 5) is 29.2. The Morgan fingerprint density at radius 2 is 1.87 bits per heavy atom. The molecule has 8 nitrogen and oxygen atoms in total. The van der Waals surface area contributed by atoms with Crippen LogP contribution in [0.3, 0.4) is 0 Å². The van der Waals surface area contributed by atoms with Gasteiger partial charge in [-0.05, 0) is 48.0 Å². The Bertz CT molecular complexity index is 1270. The van der Waals surface area contributed by atoms with Crippen molar-refractivity contribution in [2.45, 2.75) is 6.54 Å². The Balaban J connectivity index is 1.17. The molecular formula is C22H18N4O4S. The zero-order valence-corrected chi connectivity index (χ0v) is 17.1. The van der Waals surface area contributed by atoms with Crippen LogP contribution >= 0.6 is 11.3 Å². The number of thiazole rings is 1. The van der Waals surface area contributed by atoms with Crippen molar-refractivity contribution < 1.29 is 19.1 Å². The van der Waals surface area contributed by atoms with Gasteiger partial charge in [-0.15, -0.1) is 0 Å². The van der Waals surface area contributed by atoms with E-state index in [0.717, 1.165) is 20.9 Å². The molecule has 2 aromatic carbocycles. The molecule has 0 saturated carbocycles. The molecule has 2 amide bonds. The lowest BCUT2D eigenvalue weighted by Crippen LogP contribution is -2.36. The number of nitrogens with zero attached hydrogens (tertiary/aromatic N) is 2. The van der Waals surface area contributed by atoms with Crippen LogP contribution < -0.4 is 20.1 Å². The van der Waals surface area contributed by atoms with Crippen molar-refractivity contribution in [1.82, 2.24) is 20.2 Å². The Hall–Kier alpha value is -3.85. The molecule has 3 heterocycles. The van der Waals surface area contributed by atoms with E-state index in [0.29, 0.717) is 23.6 Å². The second kappa shape index (κ2) is 8.11. The number of carbonyl (C=O) groups is 2. The third-order valence-corrected chi connectivity index (χ3v) is 5.83. The fourth-order valence-electron chi connectivity index (χ4n) is 3.20. The number of benzene rings is 2. The first kappa shape index (κ1) is 19.1. The van der Waals surface area contributed by atoms with E-state index in [9.17, 15) is 9.59 Å². The van der Waals surface area contributed by atoms with Crippen LogP contribution in [0.1, 0.15) is 15.9 Å². The largest absolute Gasteiger partial charge is 0.454 e. The molecule has 4 aromatic rings.